The molecule has 0 fully saturated rings. The Hall–Kier alpha value is -5.09. The Morgan fingerprint density at radius 1 is 0.949 bits per heavy atom. The molecule has 192 valence electrons. The van der Waals surface area contributed by atoms with Crippen molar-refractivity contribution in [2.75, 3.05) is 0 Å². The fourth-order valence-electron chi connectivity index (χ4n) is 5.06. The number of para-hydroxylation sites is 1. The molecule has 0 N–H and O–H groups in total. The van der Waals surface area contributed by atoms with Gasteiger partial charge in [-0.3, -0.25) is 19.5 Å². The van der Waals surface area contributed by atoms with Crippen LogP contribution >= 0.6 is 0 Å². The predicted molar refractivity (Wildman–Crippen MR) is 149 cm³/mol. The van der Waals surface area contributed by atoms with Crippen molar-refractivity contribution < 1.29 is 9.59 Å². The number of imide groups is 1. The first kappa shape index (κ1) is 25.6. The highest BCUT2D eigenvalue weighted by atomic mass is 16.2. The van der Waals surface area contributed by atoms with Gasteiger partial charge in [0.2, 0.25) is 0 Å². The Labute approximate surface area is 227 Å². The quantitative estimate of drug-likeness (QED) is 0.254. The molecule has 1 aliphatic heterocycles. The Balaban J connectivity index is 1.70. The lowest BCUT2D eigenvalue weighted by molar-refractivity contribution is -0.141. The summed E-state index contributed by atoms with van der Waals surface area (Å²) in [6.45, 7) is 7.82. The lowest BCUT2D eigenvalue weighted by atomic mass is 9.91. The van der Waals surface area contributed by atoms with E-state index in [1.54, 1.807) is 42.2 Å². The number of hydrogen-bond donors (Lipinski definition) is 0. The number of nitriles is 1. The van der Waals surface area contributed by atoms with E-state index in [2.05, 4.69) is 24.0 Å². The predicted octanol–water partition coefficient (Wildman–Crippen LogP) is 5.65. The molecule has 0 aliphatic carbocycles. The van der Waals surface area contributed by atoms with E-state index in [0.717, 1.165) is 38.5 Å². The third-order valence-corrected chi connectivity index (χ3v) is 6.87. The molecule has 2 amide bonds. The van der Waals surface area contributed by atoms with Gasteiger partial charge in [-0.25, -0.2) is 4.68 Å². The van der Waals surface area contributed by atoms with E-state index in [0.29, 0.717) is 16.7 Å². The van der Waals surface area contributed by atoms with Gasteiger partial charge in [0.25, 0.3) is 11.8 Å². The number of aromatic nitrogens is 3. The maximum absolute atomic E-state index is 13.8. The molecule has 2 aromatic heterocycles. The molecule has 0 atom stereocenters. The van der Waals surface area contributed by atoms with Gasteiger partial charge in [-0.15, -0.1) is 0 Å². The molecule has 0 saturated heterocycles. The lowest BCUT2D eigenvalue weighted by Crippen LogP contribution is -2.42. The van der Waals surface area contributed by atoms with Crippen LogP contribution in [0.2, 0.25) is 0 Å². The Kier molecular flexibility index (Phi) is 6.78. The van der Waals surface area contributed by atoms with Crippen molar-refractivity contribution in [2.45, 2.75) is 34.2 Å². The topological polar surface area (TPSA) is 91.9 Å². The first-order valence-corrected chi connectivity index (χ1v) is 12.6. The maximum atomic E-state index is 13.8. The zero-order valence-electron chi connectivity index (χ0n) is 22.3. The van der Waals surface area contributed by atoms with Gasteiger partial charge >= 0.3 is 0 Å². The number of pyridine rings is 1. The van der Waals surface area contributed by atoms with E-state index >= 15 is 0 Å². The molecule has 0 spiro atoms. The molecule has 0 saturated carbocycles. The summed E-state index contributed by atoms with van der Waals surface area (Å²) in [5.41, 5.74) is 7.86. The fourth-order valence-corrected chi connectivity index (χ4v) is 5.06. The van der Waals surface area contributed by atoms with Crippen LogP contribution in [0, 0.1) is 32.1 Å². The highest BCUT2D eigenvalue weighted by molar-refractivity contribution is 6.19. The van der Waals surface area contributed by atoms with Gasteiger partial charge in [-0.05, 0) is 74.2 Å². The minimum absolute atomic E-state index is 0.0214. The first-order valence-electron chi connectivity index (χ1n) is 12.6. The normalized spacial score (nSPS) is 14.7. The highest BCUT2D eigenvalue weighted by Crippen LogP contribution is 2.34. The molecule has 5 rings (SSSR count). The van der Waals surface area contributed by atoms with Gasteiger partial charge in [0.05, 0.1) is 12.2 Å². The Morgan fingerprint density at radius 2 is 1.67 bits per heavy atom. The van der Waals surface area contributed by atoms with Crippen LogP contribution < -0.4 is 0 Å². The number of aryl methyl sites for hydroxylation is 3. The second-order valence-electron chi connectivity index (χ2n) is 9.71. The molecular formula is C32H27N5O2. The average molecular weight is 514 g/mol. The summed E-state index contributed by atoms with van der Waals surface area (Å²) in [5.74, 6) is -1.07. The van der Waals surface area contributed by atoms with E-state index in [4.69, 9.17) is 5.10 Å². The number of carbonyl (C=O) groups is 2. The van der Waals surface area contributed by atoms with Crippen molar-refractivity contribution in [3.63, 3.8) is 0 Å². The van der Waals surface area contributed by atoms with E-state index in [-0.39, 0.29) is 17.7 Å². The molecule has 0 unspecified atom stereocenters. The van der Waals surface area contributed by atoms with Crippen molar-refractivity contribution in [3.05, 3.63) is 118 Å². The van der Waals surface area contributed by atoms with Crippen LogP contribution in [0.4, 0.5) is 0 Å². The van der Waals surface area contributed by atoms with Gasteiger partial charge in [-0.2, -0.15) is 10.4 Å². The van der Waals surface area contributed by atoms with Crippen LogP contribution in [0.25, 0.3) is 23.0 Å². The highest BCUT2D eigenvalue weighted by Gasteiger charge is 2.36. The molecule has 4 aromatic rings. The number of benzene rings is 2. The van der Waals surface area contributed by atoms with Crippen LogP contribution in [0.1, 0.15) is 34.7 Å². The maximum Gasteiger partial charge on any atom is 0.271 e. The summed E-state index contributed by atoms with van der Waals surface area (Å²) in [5, 5.41) is 14.8. The van der Waals surface area contributed by atoms with E-state index in [9.17, 15) is 14.9 Å². The molecule has 3 heterocycles. The summed E-state index contributed by atoms with van der Waals surface area (Å²) in [4.78, 5) is 32.1. The summed E-state index contributed by atoms with van der Waals surface area (Å²) >= 11 is 0. The van der Waals surface area contributed by atoms with Crippen molar-refractivity contribution in [1.82, 2.24) is 19.7 Å². The monoisotopic (exact) mass is 513 g/mol. The van der Waals surface area contributed by atoms with E-state index < -0.39 is 11.8 Å². The van der Waals surface area contributed by atoms with Crippen molar-refractivity contribution in [1.29, 1.82) is 5.26 Å². The SMILES string of the molecule is CC1=C(C#N)C(=O)N(Cc2cccnc2)C(=O)/C1=C/c1cn(-c2ccccc2)nc1-c1c(C)cc(C)cc1C. The van der Waals surface area contributed by atoms with Crippen LogP contribution in [0.3, 0.4) is 0 Å². The third kappa shape index (κ3) is 4.80. The van der Waals surface area contributed by atoms with Crippen LogP contribution in [-0.4, -0.2) is 31.5 Å². The lowest BCUT2D eigenvalue weighted by Gasteiger charge is -2.27. The van der Waals surface area contributed by atoms with Crippen molar-refractivity contribution >= 4 is 17.9 Å². The fraction of sp³-hybridized carbons (Fsp3) is 0.156. The zero-order valence-corrected chi connectivity index (χ0v) is 22.3. The molecule has 7 nitrogen and oxygen atoms in total. The Morgan fingerprint density at radius 3 is 2.31 bits per heavy atom. The largest absolute Gasteiger partial charge is 0.271 e. The van der Waals surface area contributed by atoms with Gasteiger partial charge in [-0.1, -0.05) is 42.0 Å². The van der Waals surface area contributed by atoms with E-state index in [1.807, 2.05) is 56.4 Å². The average Bonchev–Trinajstić information content (AvgIpc) is 3.33. The smallest absolute Gasteiger partial charge is 0.269 e. The van der Waals surface area contributed by atoms with E-state index in [1.165, 1.54) is 0 Å². The first-order chi connectivity index (χ1) is 18.8. The molecule has 39 heavy (non-hydrogen) atoms. The molecular weight excluding hydrogens is 486 g/mol. The second kappa shape index (κ2) is 10.3. The zero-order chi connectivity index (χ0) is 27.7. The molecule has 2 aromatic carbocycles. The van der Waals surface area contributed by atoms with Crippen LogP contribution in [0.15, 0.2) is 89.9 Å². The molecule has 0 radical (unpaired) electrons. The van der Waals surface area contributed by atoms with Crippen molar-refractivity contribution in [2.24, 2.45) is 0 Å². The van der Waals surface area contributed by atoms with Crippen LogP contribution in [0.5, 0.6) is 0 Å². The standard InChI is InChI=1S/C32H27N5O2/c1-20-13-21(2)29(22(3)14-20)30-25(19-37(35-30)26-10-6-5-7-11-26)15-27-23(4)28(16-33)32(39)36(31(27)38)18-24-9-8-12-34-17-24/h5-15,17,19H,18H2,1-4H3/b27-15+. The molecule has 7 heteroatoms. The summed E-state index contributed by atoms with van der Waals surface area (Å²) < 4.78 is 1.79. The Bertz CT molecular complexity index is 1680. The minimum Gasteiger partial charge on any atom is -0.269 e. The minimum atomic E-state index is -0.605. The summed E-state index contributed by atoms with van der Waals surface area (Å²) in [7, 11) is 0. The summed E-state index contributed by atoms with van der Waals surface area (Å²) in [6.07, 6.45) is 6.86. The number of amides is 2. The number of hydrogen-bond acceptors (Lipinski definition) is 5. The number of nitrogens with zero attached hydrogens (tertiary/aromatic N) is 5. The van der Waals surface area contributed by atoms with Gasteiger partial charge < -0.3 is 0 Å². The van der Waals surface area contributed by atoms with Crippen LogP contribution in [-0.2, 0) is 16.1 Å². The number of carbonyl (C=O) groups excluding carboxylic acids is 2. The van der Waals surface area contributed by atoms with Gasteiger partial charge in [0, 0.05) is 35.3 Å². The number of rotatable bonds is 5. The van der Waals surface area contributed by atoms with Gasteiger partial charge in [0.15, 0.2) is 0 Å². The molecule has 1 aliphatic rings. The van der Waals surface area contributed by atoms with Gasteiger partial charge in [0.1, 0.15) is 17.3 Å². The summed E-state index contributed by atoms with van der Waals surface area (Å²) in [6, 6.07) is 19.5. The molecule has 0 bridgehead atoms. The van der Waals surface area contributed by atoms with Crippen molar-refractivity contribution in [3.8, 4) is 23.0 Å². The second-order valence-corrected chi connectivity index (χ2v) is 9.71. The third-order valence-electron chi connectivity index (χ3n) is 6.87.